The molecule has 16 heavy (non-hydrogen) atoms. The van der Waals surface area contributed by atoms with Gasteiger partial charge in [-0.3, -0.25) is 4.99 Å². The highest BCUT2D eigenvalue weighted by atomic mass is 32.2. The standard InChI is InChI=1S/C12H23N3S/c1-2-4-9-15(8-3-1)10-11-16-12-13-6-5-7-14-12/h1-11H2,(H,13,14). The van der Waals surface area contributed by atoms with Crippen LogP contribution in [-0.4, -0.2) is 48.5 Å². The minimum atomic E-state index is 1.01. The molecule has 0 aromatic rings. The molecule has 2 rings (SSSR count). The molecule has 3 nitrogen and oxygen atoms in total. The molecule has 0 aromatic carbocycles. The van der Waals surface area contributed by atoms with Crippen LogP contribution in [0.15, 0.2) is 4.99 Å². The van der Waals surface area contributed by atoms with E-state index in [4.69, 9.17) is 0 Å². The van der Waals surface area contributed by atoms with Crippen LogP contribution < -0.4 is 5.32 Å². The van der Waals surface area contributed by atoms with Crippen LogP contribution in [0.4, 0.5) is 0 Å². The first-order chi connectivity index (χ1) is 7.95. The Morgan fingerprint density at radius 1 is 1.12 bits per heavy atom. The molecule has 0 aromatic heterocycles. The maximum atomic E-state index is 4.48. The third-order valence-corrected chi connectivity index (χ3v) is 4.15. The van der Waals surface area contributed by atoms with Crippen molar-refractivity contribution in [3.05, 3.63) is 0 Å². The highest BCUT2D eigenvalue weighted by Crippen LogP contribution is 2.11. The molecular formula is C12H23N3S. The van der Waals surface area contributed by atoms with Crippen molar-refractivity contribution in [2.24, 2.45) is 4.99 Å². The topological polar surface area (TPSA) is 27.6 Å². The lowest BCUT2D eigenvalue weighted by Gasteiger charge is -2.20. The number of hydrogen-bond acceptors (Lipinski definition) is 4. The fourth-order valence-electron chi connectivity index (χ4n) is 2.24. The molecule has 2 heterocycles. The van der Waals surface area contributed by atoms with Crippen LogP contribution in [0, 0.1) is 0 Å². The van der Waals surface area contributed by atoms with Crippen LogP contribution in [0.1, 0.15) is 32.1 Å². The molecule has 0 aliphatic carbocycles. The summed E-state index contributed by atoms with van der Waals surface area (Å²) in [5.74, 6) is 1.19. The normalized spacial score (nSPS) is 23.4. The Hall–Kier alpha value is -0.220. The van der Waals surface area contributed by atoms with Gasteiger partial charge in [-0.1, -0.05) is 24.6 Å². The number of nitrogens with one attached hydrogen (secondary N) is 1. The number of aliphatic imine (C=N–C) groups is 1. The predicted octanol–water partition coefficient (Wildman–Crippen LogP) is 1.94. The van der Waals surface area contributed by atoms with Crippen molar-refractivity contribution >= 4 is 16.9 Å². The van der Waals surface area contributed by atoms with E-state index >= 15 is 0 Å². The SMILES string of the molecule is C1CCCN(CCSC2=NCCCN2)CC1. The minimum absolute atomic E-state index is 1.01. The molecule has 2 aliphatic rings. The average molecular weight is 241 g/mol. The highest BCUT2D eigenvalue weighted by Gasteiger charge is 2.09. The van der Waals surface area contributed by atoms with E-state index in [1.807, 2.05) is 11.8 Å². The molecule has 1 N–H and O–H groups in total. The highest BCUT2D eigenvalue weighted by molar-refractivity contribution is 8.13. The summed E-state index contributed by atoms with van der Waals surface area (Å²) in [5, 5.41) is 4.53. The molecule has 1 fully saturated rings. The first kappa shape index (κ1) is 12.2. The molecule has 92 valence electrons. The van der Waals surface area contributed by atoms with Crippen molar-refractivity contribution in [1.29, 1.82) is 0 Å². The molecule has 0 unspecified atom stereocenters. The van der Waals surface area contributed by atoms with Crippen LogP contribution in [0.5, 0.6) is 0 Å². The Kier molecular flexibility index (Phi) is 5.49. The predicted molar refractivity (Wildman–Crippen MR) is 72.3 cm³/mol. The summed E-state index contributed by atoms with van der Waals surface area (Å²) in [6, 6.07) is 0. The van der Waals surface area contributed by atoms with Crippen molar-refractivity contribution in [3.63, 3.8) is 0 Å². The van der Waals surface area contributed by atoms with E-state index in [1.54, 1.807) is 0 Å². The molecule has 0 radical (unpaired) electrons. The van der Waals surface area contributed by atoms with Crippen molar-refractivity contribution in [3.8, 4) is 0 Å². The van der Waals surface area contributed by atoms with Gasteiger partial charge < -0.3 is 10.2 Å². The van der Waals surface area contributed by atoms with Gasteiger partial charge in [-0.15, -0.1) is 0 Å². The van der Waals surface area contributed by atoms with E-state index in [9.17, 15) is 0 Å². The van der Waals surface area contributed by atoms with Gasteiger partial charge in [0.15, 0.2) is 5.17 Å². The lowest BCUT2D eigenvalue weighted by Crippen LogP contribution is -2.30. The van der Waals surface area contributed by atoms with Crippen molar-refractivity contribution in [2.75, 3.05) is 38.5 Å². The number of nitrogens with zero attached hydrogens (tertiary/aromatic N) is 2. The second-order valence-electron chi connectivity index (χ2n) is 4.57. The van der Waals surface area contributed by atoms with E-state index < -0.39 is 0 Å². The Morgan fingerprint density at radius 2 is 1.94 bits per heavy atom. The molecule has 0 saturated carbocycles. The van der Waals surface area contributed by atoms with Crippen molar-refractivity contribution in [1.82, 2.24) is 10.2 Å². The maximum Gasteiger partial charge on any atom is 0.156 e. The Balaban J connectivity index is 1.61. The number of likely N-dealkylation sites (tertiary alicyclic amines) is 1. The molecular weight excluding hydrogens is 218 g/mol. The van der Waals surface area contributed by atoms with Gasteiger partial charge in [0.05, 0.1) is 0 Å². The van der Waals surface area contributed by atoms with Crippen LogP contribution in [-0.2, 0) is 0 Å². The van der Waals surface area contributed by atoms with Crippen LogP contribution >= 0.6 is 11.8 Å². The fraction of sp³-hybridized carbons (Fsp3) is 0.917. The fourth-order valence-corrected chi connectivity index (χ4v) is 3.17. The van der Waals surface area contributed by atoms with E-state index in [-0.39, 0.29) is 0 Å². The molecule has 0 bridgehead atoms. The van der Waals surface area contributed by atoms with Crippen LogP contribution in [0.2, 0.25) is 0 Å². The van der Waals surface area contributed by atoms with Gasteiger partial charge in [0, 0.05) is 25.4 Å². The first-order valence-corrected chi connectivity index (χ1v) is 7.57. The number of amidine groups is 1. The van der Waals surface area contributed by atoms with E-state index in [2.05, 4.69) is 15.2 Å². The minimum Gasteiger partial charge on any atom is -0.365 e. The molecule has 4 heteroatoms. The summed E-state index contributed by atoms with van der Waals surface area (Å²) >= 11 is 1.90. The van der Waals surface area contributed by atoms with Gasteiger partial charge in [0.2, 0.25) is 0 Å². The van der Waals surface area contributed by atoms with E-state index in [0.717, 1.165) is 13.1 Å². The third-order valence-electron chi connectivity index (χ3n) is 3.21. The number of thioether (sulfide) groups is 1. The third kappa shape index (κ3) is 4.34. The van der Waals surface area contributed by atoms with Gasteiger partial charge in [-0.05, 0) is 32.4 Å². The Morgan fingerprint density at radius 3 is 2.62 bits per heavy atom. The molecule has 1 saturated heterocycles. The maximum absolute atomic E-state index is 4.48. The zero-order valence-electron chi connectivity index (χ0n) is 10.1. The number of rotatable bonds is 3. The monoisotopic (exact) mass is 241 g/mol. The summed E-state index contributed by atoms with van der Waals surface area (Å²) in [6.07, 6.45) is 6.83. The zero-order chi connectivity index (χ0) is 11.1. The van der Waals surface area contributed by atoms with E-state index in [1.165, 1.54) is 62.7 Å². The summed E-state index contributed by atoms with van der Waals surface area (Å²) < 4.78 is 0. The summed E-state index contributed by atoms with van der Waals surface area (Å²) in [7, 11) is 0. The van der Waals surface area contributed by atoms with Crippen LogP contribution in [0.25, 0.3) is 0 Å². The van der Waals surface area contributed by atoms with Crippen molar-refractivity contribution < 1.29 is 0 Å². The number of hydrogen-bond donors (Lipinski definition) is 1. The zero-order valence-corrected chi connectivity index (χ0v) is 10.9. The van der Waals surface area contributed by atoms with Gasteiger partial charge in [-0.2, -0.15) is 0 Å². The molecule has 0 amide bonds. The van der Waals surface area contributed by atoms with Gasteiger partial charge in [-0.25, -0.2) is 0 Å². The summed E-state index contributed by atoms with van der Waals surface area (Å²) in [5.41, 5.74) is 0. The quantitative estimate of drug-likeness (QED) is 0.818. The van der Waals surface area contributed by atoms with Crippen molar-refractivity contribution in [2.45, 2.75) is 32.1 Å². The first-order valence-electron chi connectivity index (χ1n) is 6.58. The second-order valence-corrected chi connectivity index (χ2v) is 5.66. The lowest BCUT2D eigenvalue weighted by molar-refractivity contribution is 0.303. The molecule has 0 atom stereocenters. The van der Waals surface area contributed by atoms with Gasteiger partial charge >= 0.3 is 0 Å². The molecule has 2 aliphatic heterocycles. The van der Waals surface area contributed by atoms with E-state index in [0.29, 0.717) is 0 Å². The largest absolute Gasteiger partial charge is 0.365 e. The Bertz CT molecular complexity index is 222. The Labute approximate surface area is 103 Å². The van der Waals surface area contributed by atoms with Crippen LogP contribution in [0.3, 0.4) is 0 Å². The van der Waals surface area contributed by atoms with Gasteiger partial charge in [0.1, 0.15) is 0 Å². The second kappa shape index (κ2) is 7.17. The summed E-state index contributed by atoms with van der Waals surface area (Å²) in [4.78, 5) is 7.10. The smallest absolute Gasteiger partial charge is 0.156 e. The summed E-state index contributed by atoms with van der Waals surface area (Å²) in [6.45, 7) is 5.96. The van der Waals surface area contributed by atoms with Gasteiger partial charge in [0.25, 0.3) is 0 Å². The average Bonchev–Trinajstić information content (AvgIpc) is 2.59. The lowest BCUT2D eigenvalue weighted by atomic mass is 10.2. The molecule has 0 spiro atoms.